The van der Waals surface area contributed by atoms with Crippen LogP contribution >= 0.6 is 22.9 Å². The number of thiophene rings is 1. The number of amides is 1. The Morgan fingerprint density at radius 3 is 2.74 bits per heavy atom. The van der Waals surface area contributed by atoms with E-state index in [1.165, 1.54) is 11.3 Å². The van der Waals surface area contributed by atoms with Crippen molar-refractivity contribution in [1.29, 1.82) is 0 Å². The van der Waals surface area contributed by atoms with Crippen LogP contribution in [0, 0.1) is 13.8 Å². The molecule has 0 N–H and O–H groups in total. The van der Waals surface area contributed by atoms with Crippen molar-refractivity contribution in [2.24, 2.45) is 0 Å². The first-order valence-electron chi connectivity index (χ1n) is 7.55. The fourth-order valence-corrected chi connectivity index (χ4v) is 3.71. The SMILES string of the molecule is Cc1cc(C)nc(OC2CCCN(C(=O)c3ccc(Cl)s3)C2)n1. The van der Waals surface area contributed by atoms with Gasteiger partial charge in [-0.3, -0.25) is 4.79 Å². The molecule has 1 amide bonds. The second-order valence-corrected chi connectivity index (χ2v) is 7.39. The molecule has 0 aliphatic carbocycles. The van der Waals surface area contributed by atoms with Gasteiger partial charge in [-0.25, -0.2) is 9.97 Å². The average Bonchev–Trinajstić information content (AvgIpc) is 2.92. The van der Waals surface area contributed by atoms with Crippen LogP contribution in [0.1, 0.15) is 33.9 Å². The molecule has 1 unspecified atom stereocenters. The van der Waals surface area contributed by atoms with E-state index < -0.39 is 0 Å². The van der Waals surface area contributed by atoms with Gasteiger partial charge in [-0.1, -0.05) is 11.6 Å². The van der Waals surface area contributed by atoms with Gasteiger partial charge in [-0.15, -0.1) is 11.3 Å². The first-order valence-corrected chi connectivity index (χ1v) is 8.74. The maximum absolute atomic E-state index is 12.5. The molecule has 1 aliphatic heterocycles. The van der Waals surface area contributed by atoms with Crippen LogP contribution in [0.2, 0.25) is 4.34 Å². The molecule has 1 saturated heterocycles. The minimum absolute atomic E-state index is 0.0107. The Morgan fingerprint density at radius 1 is 1.35 bits per heavy atom. The summed E-state index contributed by atoms with van der Waals surface area (Å²) in [5, 5.41) is 0. The first-order chi connectivity index (χ1) is 11.0. The van der Waals surface area contributed by atoms with Crippen molar-refractivity contribution in [2.45, 2.75) is 32.8 Å². The second kappa shape index (κ2) is 6.84. The molecule has 0 aromatic carbocycles. The van der Waals surface area contributed by atoms with Crippen LogP contribution < -0.4 is 4.74 Å². The number of rotatable bonds is 3. The van der Waals surface area contributed by atoms with Crippen LogP contribution in [0.5, 0.6) is 6.01 Å². The summed E-state index contributed by atoms with van der Waals surface area (Å²) >= 11 is 7.22. The Kier molecular flexibility index (Phi) is 4.82. The van der Waals surface area contributed by atoms with Gasteiger partial charge in [0.15, 0.2) is 0 Å². The van der Waals surface area contributed by atoms with Gasteiger partial charge in [0, 0.05) is 17.9 Å². The molecule has 3 heterocycles. The monoisotopic (exact) mass is 351 g/mol. The largest absolute Gasteiger partial charge is 0.458 e. The lowest BCUT2D eigenvalue weighted by atomic mass is 10.1. The predicted octanol–water partition coefficient (Wildman–Crippen LogP) is 3.49. The third-order valence-electron chi connectivity index (χ3n) is 3.68. The van der Waals surface area contributed by atoms with Gasteiger partial charge in [0.05, 0.1) is 15.8 Å². The molecule has 23 heavy (non-hydrogen) atoms. The molecule has 0 saturated carbocycles. The van der Waals surface area contributed by atoms with E-state index >= 15 is 0 Å². The molecule has 5 nitrogen and oxygen atoms in total. The van der Waals surface area contributed by atoms with Crippen molar-refractivity contribution in [3.63, 3.8) is 0 Å². The fourth-order valence-electron chi connectivity index (χ4n) is 2.70. The lowest BCUT2D eigenvalue weighted by Gasteiger charge is -2.32. The molecular formula is C16H18ClN3O2S. The number of ether oxygens (including phenoxy) is 1. The van der Waals surface area contributed by atoms with E-state index in [0.29, 0.717) is 21.8 Å². The second-order valence-electron chi connectivity index (χ2n) is 5.67. The standard InChI is InChI=1S/C16H18ClN3O2S/c1-10-8-11(2)19-16(18-10)22-12-4-3-7-20(9-12)15(21)13-5-6-14(17)23-13/h5-6,8,12H,3-4,7,9H2,1-2H3. The molecule has 1 aliphatic rings. The maximum Gasteiger partial charge on any atom is 0.317 e. The quantitative estimate of drug-likeness (QED) is 0.849. The Morgan fingerprint density at radius 2 is 2.09 bits per heavy atom. The molecule has 0 spiro atoms. The summed E-state index contributed by atoms with van der Waals surface area (Å²) in [6.07, 6.45) is 1.72. The Hall–Kier alpha value is -1.66. The minimum Gasteiger partial charge on any atom is -0.458 e. The van der Waals surface area contributed by atoms with Crippen LogP contribution in [0.15, 0.2) is 18.2 Å². The average molecular weight is 352 g/mol. The Balaban J connectivity index is 1.67. The number of carbonyl (C=O) groups excluding carboxylic acids is 1. The maximum atomic E-state index is 12.5. The minimum atomic E-state index is -0.0793. The summed E-state index contributed by atoms with van der Waals surface area (Å²) in [4.78, 5) is 23.6. The molecule has 0 radical (unpaired) electrons. The van der Waals surface area contributed by atoms with Crippen molar-refractivity contribution in [3.05, 3.63) is 38.8 Å². The number of hydrogen-bond donors (Lipinski definition) is 0. The zero-order valence-electron chi connectivity index (χ0n) is 13.1. The number of hydrogen-bond acceptors (Lipinski definition) is 5. The number of piperidine rings is 1. The van der Waals surface area contributed by atoms with Crippen molar-refractivity contribution < 1.29 is 9.53 Å². The Bertz CT molecular complexity index is 699. The topological polar surface area (TPSA) is 55.3 Å². The van der Waals surface area contributed by atoms with Gasteiger partial charge in [0.25, 0.3) is 5.91 Å². The summed E-state index contributed by atoms with van der Waals surface area (Å²) in [6.45, 7) is 5.12. The molecule has 3 rings (SSSR count). The van der Waals surface area contributed by atoms with Gasteiger partial charge in [0.2, 0.25) is 0 Å². The molecule has 7 heteroatoms. The van der Waals surface area contributed by atoms with E-state index in [1.807, 2.05) is 24.8 Å². The van der Waals surface area contributed by atoms with E-state index in [9.17, 15) is 4.79 Å². The summed E-state index contributed by atoms with van der Waals surface area (Å²) in [5.41, 5.74) is 1.76. The van der Waals surface area contributed by atoms with E-state index in [0.717, 1.165) is 30.8 Å². The molecular weight excluding hydrogens is 334 g/mol. The summed E-state index contributed by atoms with van der Waals surface area (Å²) in [7, 11) is 0. The summed E-state index contributed by atoms with van der Waals surface area (Å²) in [6, 6.07) is 5.82. The third-order valence-corrected chi connectivity index (χ3v) is 4.90. The third kappa shape index (κ3) is 4.00. The number of nitrogens with zero attached hydrogens (tertiary/aromatic N) is 3. The van der Waals surface area contributed by atoms with Crippen LogP contribution in [-0.4, -0.2) is 40.0 Å². The van der Waals surface area contributed by atoms with Crippen molar-refractivity contribution in [1.82, 2.24) is 14.9 Å². The van der Waals surface area contributed by atoms with Gasteiger partial charge in [0.1, 0.15) is 6.10 Å². The lowest BCUT2D eigenvalue weighted by Crippen LogP contribution is -2.44. The van der Waals surface area contributed by atoms with Crippen molar-refractivity contribution in [2.75, 3.05) is 13.1 Å². The smallest absolute Gasteiger partial charge is 0.317 e. The number of aryl methyl sites for hydroxylation is 2. The highest BCUT2D eigenvalue weighted by Gasteiger charge is 2.27. The highest BCUT2D eigenvalue weighted by Crippen LogP contribution is 2.24. The normalized spacial score (nSPS) is 18.0. The van der Waals surface area contributed by atoms with Crippen LogP contribution in [-0.2, 0) is 0 Å². The number of halogens is 1. The highest BCUT2D eigenvalue weighted by molar-refractivity contribution is 7.17. The molecule has 2 aromatic rings. The molecule has 0 bridgehead atoms. The highest BCUT2D eigenvalue weighted by atomic mass is 35.5. The first kappa shape index (κ1) is 16.2. The molecule has 1 fully saturated rings. The van der Waals surface area contributed by atoms with Gasteiger partial charge in [-0.05, 0) is 44.9 Å². The van der Waals surface area contributed by atoms with Crippen molar-refractivity contribution >= 4 is 28.8 Å². The molecule has 1 atom stereocenters. The zero-order chi connectivity index (χ0) is 16.4. The zero-order valence-corrected chi connectivity index (χ0v) is 14.7. The van der Waals surface area contributed by atoms with Crippen LogP contribution in [0.25, 0.3) is 0 Å². The number of carbonyl (C=O) groups is 1. The van der Waals surface area contributed by atoms with Crippen LogP contribution in [0.3, 0.4) is 0 Å². The van der Waals surface area contributed by atoms with Gasteiger partial charge >= 0.3 is 6.01 Å². The van der Waals surface area contributed by atoms with E-state index in [-0.39, 0.29) is 12.0 Å². The predicted molar refractivity (Wildman–Crippen MR) is 90.4 cm³/mol. The van der Waals surface area contributed by atoms with Crippen LogP contribution in [0.4, 0.5) is 0 Å². The van der Waals surface area contributed by atoms with E-state index in [4.69, 9.17) is 16.3 Å². The Labute approximate surface area is 144 Å². The molecule has 2 aromatic heterocycles. The van der Waals surface area contributed by atoms with Crippen molar-refractivity contribution in [3.8, 4) is 6.01 Å². The number of aromatic nitrogens is 2. The lowest BCUT2D eigenvalue weighted by molar-refractivity contribution is 0.0519. The fraction of sp³-hybridized carbons (Fsp3) is 0.438. The van der Waals surface area contributed by atoms with E-state index in [1.54, 1.807) is 12.1 Å². The summed E-state index contributed by atoms with van der Waals surface area (Å²) in [5.74, 6) is 0.0107. The van der Waals surface area contributed by atoms with Gasteiger partial charge in [-0.2, -0.15) is 0 Å². The molecule has 122 valence electrons. The van der Waals surface area contributed by atoms with E-state index in [2.05, 4.69) is 9.97 Å². The number of likely N-dealkylation sites (tertiary alicyclic amines) is 1. The summed E-state index contributed by atoms with van der Waals surface area (Å²) < 4.78 is 6.53. The van der Waals surface area contributed by atoms with Gasteiger partial charge < -0.3 is 9.64 Å².